The minimum absolute atomic E-state index is 0.177. The molecule has 3 rings (SSSR count). The lowest BCUT2D eigenvalue weighted by atomic mass is 10.2. The van der Waals surface area contributed by atoms with Gasteiger partial charge in [-0.3, -0.25) is 9.36 Å². The van der Waals surface area contributed by atoms with Gasteiger partial charge in [-0.2, -0.15) is 0 Å². The Morgan fingerprint density at radius 3 is 2.57 bits per heavy atom. The molecule has 0 bridgehead atoms. The van der Waals surface area contributed by atoms with Crippen LogP contribution in [0.2, 0.25) is 0 Å². The standard InChI is InChI=1S/C16H12F2N2O/c1-2-15-19-14-7-6-11(18)9-13(14)16(21)20(15)12-5-3-4-10(17)8-12/h3-9H,2H2,1H3. The number of benzene rings is 2. The summed E-state index contributed by atoms with van der Waals surface area (Å²) < 4.78 is 28.1. The Morgan fingerprint density at radius 1 is 1.10 bits per heavy atom. The van der Waals surface area contributed by atoms with E-state index in [9.17, 15) is 13.6 Å². The predicted octanol–water partition coefficient (Wildman–Crippen LogP) is 3.23. The third kappa shape index (κ3) is 2.31. The quantitative estimate of drug-likeness (QED) is 0.725. The van der Waals surface area contributed by atoms with Crippen molar-refractivity contribution in [3.8, 4) is 5.69 Å². The smallest absolute Gasteiger partial charge is 0.266 e. The Hall–Kier alpha value is -2.56. The van der Waals surface area contributed by atoms with E-state index < -0.39 is 17.2 Å². The maximum Gasteiger partial charge on any atom is 0.266 e. The van der Waals surface area contributed by atoms with Gasteiger partial charge < -0.3 is 0 Å². The molecule has 0 aliphatic heterocycles. The molecule has 2 aromatic carbocycles. The van der Waals surface area contributed by atoms with Crippen LogP contribution in [0.1, 0.15) is 12.7 Å². The number of halogens is 2. The maximum absolute atomic E-state index is 13.4. The first-order valence-corrected chi connectivity index (χ1v) is 6.57. The zero-order chi connectivity index (χ0) is 15.0. The summed E-state index contributed by atoms with van der Waals surface area (Å²) in [6.45, 7) is 1.85. The van der Waals surface area contributed by atoms with Crippen molar-refractivity contribution < 1.29 is 8.78 Å². The summed E-state index contributed by atoms with van der Waals surface area (Å²) in [5, 5.41) is 0.177. The Bertz CT molecular complexity index is 887. The first-order valence-electron chi connectivity index (χ1n) is 6.57. The van der Waals surface area contributed by atoms with Gasteiger partial charge in [-0.25, -0.2) is 13.8 Å². The van der Waals surface area contributed by atoms with Crippen molar-refractivity contribution >= 4 is 10.9 Å². The van der Waals surface area contributed by atoms with E-state index >= 15 is 0 Å². The van der Waals surface area contributed by atoms with Gasteiger partial charge in [0, 0.05) is 6.42 Å². The average Bonchev–Trinajstić information content (AvgIpc) is 2.47. The second-order valence-corrected chi connectivity index (χ2v) is 4.66. The Labute approximate surface area is 119 Å². The molecule has 0 aliphatic rings. The highest BCUT2D eigenvalue weighted by atomic mass is 19.1. The van der Waals surface area contributed by atoms with Crippen molar-refractivity contribution in [1.29, 1.82) is 0 Å². The molecule has 5 heteroatoms. The van der Waals surface area contributed by atoms with Crippen LogP contribution >= 0.6 is 0 Å². The van der Waals surface area contributed by atoms with E-state index in [0.29, 0.717) is 23.4 Å². The van der Waals surface area contributed by atoms with Crippen LogP contribution in [0.5, 0.6) is 0 Å². The molecule has 0 spiro atoms. The minimum Gasteiger partial charge on any atom is -0.268 e. The zero-order valence-electron chi connectivity index (χ0n) is 11.3. The molecule has 0 radical (unpaired) electrons. The van der Waals surface area contributed by atoms with Gasteiger partial charge in [0.05, 0.1) is 16.6 Å². The van der Waals surface area contributed by atoms with Crippen LogP contribution in [0.4, 0.5) is 8.78 Å². The molecule has 0 atom stereocenters. The summed E-state index contributed by atoms with van der Waals surface area (Å²) in [4.78, 5) is 17.0. The van der Waals surface area contributed by atoms with Crippen LogP contribution in [0.3, 0.4) is 0 Å². The van der Waals surface area contributed by atoms with E-state index in [1.807, 2.05) is 6.92 Å². The van der Waals surface area contributed by atoms with E-state index in [0.717, 1.165) is 6.07 Å². The molecule has 3 nitrogen and oxygen atoms in total. The number of rotatable bonds is 2. The monoisotopic (exact) mass is 286 g/mol. The molecule has 0 aliphatic carbocycles. The number of hydrogen-bond acceptors (Lipinski definition) is 2. The fourth-order valence-electron chi connectivity index (χ4n) is 2.32. The second kappa shape index (κ2) is 5.09. The van der Waals surface area contributed by atoms with Gasteiger partial charge >= 0.3 is 0 Å². The van der Waals surface area contributed by atoms with Crippen LogP contribution in [0, 0.1) is 11.6 Å². The summed E-state index contributed by atoms with van der Waals surface area (Å²) in [6.07, 6.45) is 0.499. The molecular formula is C16H12F2N2O. The average molecular weight is 286 g/mol. The summed E-state index contributed by atoms with van der Waals surface area (Å²) in [5.74, 6) is -0.443. The van der Waals surface area contributed by atoms with E-state index in [-0.39, 0.29) is 5.39 Å². The Morgan fingerprint density at radius 2 is 1.86 bits per heavy atom. The molecule has 106 valence electrons. The van der Waals surface area contributed by atoms with Crippen LogP contribution < -0.4 is 5.56 Å². The lowest BCUT2D eigenvalue weighted by molar-refractivity contribution is 0.625. The van der Waals surface area contributed by atoms with Gasteiger partial charge in [0.1, 0.15) is 17.5 Å². The predicted molar refractivity (Wildman–Crippen MR) is 76.6 cm³/mol. The number of fused-ring (bicyclic) bond motifs is 1. The fraction of sp³-hybridized carbons (Fsp3) is 0.125. The fourth-order valence-corrected chi connectivity index (χ4v) is 2.32. The SMILES string of the molecule is CCc1nc2ccc(F)cc2c(=O)n1-c1cccc(F)c1. The first-order chi connectivity index (χ1) is 10.1. The number of aryl methyl sites for hydroxylation is 1. The number of aromatic nitrogens is 2. The van der Waals surface area contributed by atoms with Crippen molar-refractivity contribution in [2.75, 3.05) is 0 Å². The highest BCUT2D eigenvalue weighted by Gasteiger charge is 2.12. The van der Waals surface area contributed by atoms with E-state index in [4.69, 9.17) is 0 Å². The third-order valence-corrected chi connectivity index (χ3v) is 3.28. The summed E-state index contributed by atoms with van der Waals surface area (Å²) in [6, 6.07) is 9.59. The van der Waals surface area contributed by atoms with Crippen molar-refractivity contribution in [2.24, 2.45) is 0 Å². The van der Waals surface area contributed by atoms with E-state index in [1.54, 1.807) is 6.07 Å². The topological polar surface area (TPSA) is 34.9 Å². The van der Waals surface area contributed by atoms with Gasteiger partial charge in [0.15, 0.2) is 0 Å². The molecule has 0 N–H and O–H groups in total. The third-order valence-electron chi connectivity index (χ3n) is 3.28. The van der Waals surface area contributed by atoms with Gasteiger partial charge in [-0.15, -0.1) is 0 Å². The molecule has 0 saturated heterocycles. The van der Waals surface area contributed by atoms with Crippen LogP contribution in [-0.4, -0.2) is 9.55 Å². The van der Waals surface area contributed by atoms with Crippen LogP contribution in [0.25, 0.3) is 16.6 Å². The van der Waals surface area contributed by atoms with Crippen molar-refractivity contribution in [3.63, 3.8) is 0 Å². The largest absolute Gasteiger partial charge is 0.268 e. The highest BCUT2D eigenvalue weighted by Crippen LogP contribution is 2.15. The first kappa shape index (κ1) is 13.4. The molecule has 0 amide bonds. The molecule has 1 aromatic heterocycles. The molecule has 3 aromatic rings. The van der Waals surface area contributed by atoms with E-state index in [2.05, 4.69) is 4.98 Å². The van der Waals surface area contributed by atoms with Gasteiger partial charge in [0.25, 0.3) is 5.56 Å². The van der Waals surface area contributed by atoms with Gasteiger partial charge in [0.2, 0.25) is 0 Å². The molecule has 21 heavy (non-hydrogen) atoms. The van der Waals surface area contributed by atoms with Crippen molar-refractivity contribution in [1.82, 2.24) is 9.55 Å². The summed E-state index contributed by atoms with van der Waals surface area (Å²) >= 11 is 0. The zero-order valence-corrected chi connectivity index (χ0v) is 11.3. The number of hydrogen-bond donors (Lipinski definition) is 0. The van der Waals surface area contributed by atoms with Gasteiger partial charge in [-0.1, -0.05) is 13.0 Å². The molecule has 1 heterocycles. The van der Waals surface area contributed by atoms with Crippen molar-refractivity contribution in [3.05, 3.63) is 70.3 Å². The molecule has 0 saturated carbocycles. The summed E-state index contributed by atoms with van der Waals surface area (Å²) in [7, 11) is 0. The molecule has 0 fully saturated rings. The van der Waals surface area contributed by atoms with E-state index in [1.165, 1.54) is 34.9 Å². The van der Waals surface area contributed by atoms with Crippen molar-refractivity contribution in [2.45, 2.75) is 13.3 Å². The Balaban J connectivity index is 2.40. The highest BCUT2D eigenvalue weighted by molar-refractivity contribution is 5.78. The van der Waals surface area contributed by atoms with Crippen LogP contribution in [-0.2, 0) is 6.42 Å². The normalized spacial score (nSPS) is 11.0. The lowest BCUT2D eigenvalue weighted by Gasteiger charge is -2.12. The van der Waals surface area contributed by atoms with Gasteiger partial charge in [-0.05, 0) is 36.4 Å². The lowest BCUT2D eigenvalue weighted by Crippen LogP contribution is -2.23. The van der Waals surface area contributed by atoms with Crippen LogP contribution in [0.15, 0.2) is 47.3 Å². The minimum atomic E-state index is -0.503. The number of nitrogens with zero attached hydrogens (tertiary/aromatic N) is 2. The Kier molecular flexibility index (Phi) is 3.25. The summed E-state index contributed by atoms with van der Waals surface area (Å²) in [5.41, 5.74) is 0.420. The maximum atomic E-state index is 13.4. The second-order valence-electron chi connectivity index (χ2n) is 4.66. The molecule has 0 unspecified atom stereocenters. The molecular weight excluding hydrogens is 274 g/mol.